The van der Waals surface area contributed by atoms with Crippen LogP contribution < -0.4 is 5.32 Å². The van der Waals surface area contributed by atoms with Gasteiger partial charge in [0.15, 0.2) is 0 Å². The molecule has 1 aliphatic heterocycles. The normalized spacial score (nSPS) is 20.5. The monoisotopic (exact) mass is 242 g/mol. The standard InChI is InChI=1S/C11H18N2O4/c1-7(2)13-8(4-5-10(15)17-3)11(16)12-6-9(13)14/h7-8H,4-6H2,1-3H3,(H,12,16)/t8-/m0/s1. The van der Waals surface area contributed by atoms with E-state index in [4.69, 9.17) is 0 Å². The maximum atomic E-state index is 11.7. The average Bonchev–Trinajstić information content (AvgIpc) is 2.28. The third-order valence-electron chi connectivity index (χ3n) is 2.75. The molecule has 0 spiro atoms. The Morgan fingerprint density at radius 3 is 2.71 bits per heavy atom. The molecule has 0 saturated carbocycles. The smallest absolute Gasteiger partial charge is 0.305 e. The highest BCUT2D eigenvalue weighted by Gasteiger charge is 2.35. The summed E-state index contributed by atoms with van der Waals surface area (Å²) in [5.74, 6) is -0.698. The second kappa shape index (κ2) is 5.65. The summed E-state index contributed by atoms with van der Waals surface area (Å²) in [7, 11) is 1.30. The van der Waals surface area contributed by atoms with Gasteiger partial charge in [-0.15, -0.1) is 0 Å². The van der Waals surface area contributed by atoms with Crippen LogP contribution in [0.2, 0.25) is 0 Å². The van der Waals surface area contributed by atoms with Crippen molar-refractivity contribution in [3.8, 4) is 0 Å². The zero-order valence-electron chi connectivity index (χ0n) is 10.4. The van der Waals surface area contributed by atoms with Crippen molar-refractivity contribution >= 4 is 17.8 Å². The number of hydrogen-bond donors (Lipinski definition) is 1. The maximum Gasteiger partial charge on any atom is 0.305 e. The number of hydrogen-bond acceptors (Lipinski definition) is 4. The van der Waals surface area contributed by atoms with Gasteiger partial charge in [0, 0.05) is 12.5 Å². The maximum absolute atomic E-state index is 11.7. The van der Waals surface area contributed by atoms with Crippen molar-refractivity contribution in [2.45, 2.75) is 38.8 Å². The van der Waals surface area contributed by atoms with Crippen molar-refractivity contribution in [3.05, 3.63) is 0 Å². The summed E-state index contributed by atoms with van der Waals surface area (Å²) in [5.41, 5.74) is 0. The molecule has 1 fully saturated rings. The minimum Gasteiger partial charge on any atom is -0.469 e. The van der Waals surface area contributed by atoms with E-state index in [9.17, 15) is 14.4 Å². The first-order valence-corrected chi connectivity index (χ1v) is 5.63. The van der Waals surface area contributed by atoms with Gasteiger partial charge in [0.1, 0.15) is 6.04 Å². The molecule has 1 aliphatic rings. The first kappa shape index (κ1) is 13.5. The topological polar surface area (TPSA) is 75.7 Å². The number of nitrogens with zero attached hydrogens (tertiary/aromatic N) is 1. The van der Waals surface area contributed by atoms with Crippen LogP contribution >= 0.6 is 0 Å². The zero-order valence-corrected chi connectivity index (χ0v) is 10.4. The largest absolute Gasteiger partial charge is 0.469 e. The van der Waals surface area contributed by atoms with Gasteiger partial charge in [-0.05, 0) is 20.3 Å². The number of carbonyl (C=O) groups excluding carboxylic acids is 3. The zero-order chi connectivity index (χ0) is 13.0. The summed E-state index contributed by atoms with van der Waals surface area (Å²) in [4.78, 5) is 36.0. The lowest BCUT2D eigenvalue weighted by Crippen LogP contribution is -2.60. The average molecular weight is 242 g/mol. The molecule has 17 heavy (non-hydrogen) atoms. The van der Waals surface area contributed by atoms with Crippen LogP contribution in [0.1, 0.15) is 26.7 Å². The molecule has 1 N–H and O–H groups in total. The van der Waals surface area contributed by atoms with Gasteiger partial charge in [0.05, 0.1) is 13.7 Å². The van der Waals surface area contributed by atoms with Gasteiger partial charge in [0.25, 0.3) is 0 Å². The number of nitrogens with one attached hydrogen (secondary N) is 1. The van der Waals surface area contributed by atoms with E-state index in [1.165, 1.54) is 12.0 Å². The Kier molecular flexibility index (Phi) is 4.48. The molecular weight excluding hydrogens is 224 g/mol. The Morgan fingerprint density at radius 1 is 1.53 bits per heavy atom. The number of methoxy groups -OCH3 is 1. The fourth-order valence-electron chi connectivity index (χ4n) is 1.95. The van der Waals surface area contributed by atoms with Crippen LogP contribution in [-0.4, -0.2) is 48.4 Å². The third kappa shape index (κ3) is 3.18. The summed E-state index contributed by atoms with van der Waals surface area (Å²) < 4.78 is 4.52. The molecule has 0 aromatic carbocycles. The predicted molar refractivity (Wildman–Crippen MR) is 60.0 cm³/mol. The fraction of sp³-hybridized carbons (Fsp3) is 0.727. The van der Waals surface area contributed by atoms with Crippen LogP contribution in [-0.2, 0) is 19.1 Å². The molecule has 2 amide bonds. The van der Waals surface area contributed by atoms with Crippen molar-refractivity contribution in [1.82, 2.24) is 10.2 Å². The minimum atomic E-state index is -0.574. The summed E-state index contributed by atoms with van der Waals surface area (Å²) in [6.07, 6.45) is 0.424. The van der Waals surface area contributed by atoms with Crippen molar-refractivity contribution < 1.29 is 19.1 Å². The van der Waals surface area contributed by atoms with Gasteiger partial charge in [0.2, 0.25) is 11.8 Å². The van der Waals surface area contributed by atoms with Crippen LogP contribution in [0.4, 0.5) is 0 Å². The number of ether oxygens (including phenoxy) is 1. The number of amides is 2. The SMILES string of the molecule is COC(=O)CC[C@H]1C(=O)NCC(=O)N1C(C)C. The van der Waals surface area contributed by atoms with E-state index in [-0.39, 0.29) is 36.8 Å². The van der Waals surface area contributed by atoms with Gasteiger partial charge >= 0.3 is 5.97 Å². The Balaban J connectivity index is 2.72. The lowest BCUT2D eigenvalue weighted by atomic mass is 10.0. The van der Waals surface area contributed by atoms with E-state index in [2.05, 4.69) is 10.1 Å². The van der Waals surface area contributed by atoms with Gasteiger partial charge < -0.3 is 15.0 Å². The van der Waals surface area contributed by atoms with E-state index >= 15 is 0 Å². The van der Waals surface area contributed by atoms with E-state index in [1.54, 1.807) is 0 Å². The fourth-order valence-corrected chi connectivity index (χ4v) is 1.95. The summed E-state index contributed by atoms with van der Waals surface area (Å²) in [5, 5.41) is 2.53. The van der Waals surface area contributed by atoms with E-state index in [1.807, 2.05) is 13.8 Å². The van der Waals surface area contributed by atoms with Crippen LogP contribution in [0.15, 0.2) is 0 Å². The molecule has 6 heteroatoms. The lowest BCUT2D eigenvalue weighted by molar-refractivity contribution is -0.149. The number of esters is 1. The molecule has 1 rings (SSSR count). The van der Waals surface area contributed by atoms with Gasteiger partial charge in [-0.1, -0.05) is 0 Å². The first-order valence-electron chi connectivity index (χ1n) is 5.63. The Morgan fingerprint density at radius 2 is 2.18 bits per heavy atom. The quantitative estimate of drug-likeness (QED) is 0.685. The van der Waals surface area contributed by atoms with Crippen LogP contribution in [0, 0.1) is 0 Å². The Hall–Kier alpha value is -1.59. The van der Waals surface area contributed by atoms with Crippen molar-refractivity contribution in [1.29, 1.82) is 0 Å². The minimum absolute atomic E-state index is 0.0335. The predicted octanol–water partition coefficient (Wildman–Crippen LogP) is -0.325. The van der Waals surface area contributed by atoms with Crippen molar-refractivity contribution in [3.63, 3.8) is 0 Å². The van der Waals surface area contributed by atoms with Crippen LogP contribution in [0.5, 0.6) is 0 Å². The van der Waals surface area contributed by atoms with E-state index in [0.29, 0.717) is 6.42 Å². The summed E-state index contributed by atoms with van der Waals surface area (Å²) in [6.45, 7) is 3.73. The second-order valence-electron chi connectivity index (χ2n) is 4.24. The first-order chi connectivity index (χ1) is 7.97. The number of rotatable bonds is 4. The molecule has 0 unspecified atom stereocenters. The second-order valence-corrected chi connectivity index (χ2v) is 4.24. The molecule has 96 valence electrons. The number of carbonyl (C=O) groups is 3. The highest BCUT2D eigenvalue weighted by molar-refractivity contribution is 5.95. The molecule has 1 saturated heterocycles. The van der Waals surface area contributed by atoms with Crippen LogP contribution in [0.25, 0.3) is 0 Å². The highest BCUT2D eigenvalue weighted by Crippen LogP contribution is 2.15. The van der Waals surface area contributed by atoms with Crippen molar-refractivity contribution in [2.24, 2.45) is 0 Å². The lowest BCUT2D eigenvalue weighted by Gasteiger charge is -2.37. The molecule has 0 aliphatic carbocycles. The Bertz CT molecular complexity index is 327. The molecule has 0 aromatic rings. The van der Waals surface area contributed by atoms with Crippen LogP contribution in [0.3, 0.4) is 0 Å². The Labute approximate surface area is 100 Å². The molecular formula is C11H18N2O4. The van der Waals surface area contributed by atoms with E-state index in [0.717, 1.165) is 0 Å². The highest BCUT2D eigenvalue weighted by atomic mass is 16.5. The third-order valence-corrected chi connectivity index (χ3v) is 2.75. The number of piperazine rings is 1. The van der Waals surface area contributed by atoms with Gasteiger partial charge in [-0.2, -0.15) is 0 Å². The molecule has 0 aromatic heterocycles. The molecule has 1 atom stereocenters. The molecule has 1 heterocycles. The van der Waals surface area contributed by atoms with E-state index < -0.39 is 6.04 Å². The molecule has 0 radical (unpaired) electrons. The molecule has 6 nitrogen and oxygen atoms in total. The summed E-state index contributed by atoms with van der Waals surface area (Å²) in [6, 6.07) is -0.633. The van der Waals surface area contributed by atoms with Gasteiger partial charge in [-0.3, -0.25) is 14.4 Å². The summed E-state index contributed by atoms with van der Waals surface area (Å²) >= 11 is 0. The van der Waals surface area contributed by atoms with Gasteiger partial charge in [-0.25, -0.2) is 0 Å². The molecule has 0 bridgehead atoms. The van der Waals surface area contributed by atoms with Crippen molar-refractivity contribution in [2.75, 3.05) is 13.7 Å².